The normalized spacial score (nSPS) is 10.8. The van der Waals surface area contributed by atoms with Gasteiger partial charge in [0.15, 0.2) is 5.13 Å². The van der Waals surface area contributed by atoms with Gasteiger partial charge in [0.25, 0.3) is 5.91 Å². The van der Waals surface area contributed by atoms with Gasteiger partial charge in [0.05, 0.1) is 14.2 Å². The number of likely N-dealkylation sites (N-methyl/N-ethyl adjacent to an activating group) is 1. The molecule has 8 heteroatoms. The van der Waals surface area contributed by atoms with Gasteiger partial charge in [0, 0.05) is 18.7 Å². The van der Waals surface area contributed by atoms with E-state index in [0.29, 0.717) is 28.5 Å². The molecule has 3 rings (SSSR count). The Hall–Kier alpha value is -2.35. The van der Waals surface area contributed by atoms with Gasteiger partial charge in [0.2, 0.25) is 0 Å². The van der Waals surface area contributed by atoms with Crippen LogP contribution in [0.2, 0.25) is 0 Å². The molecule has 32 heavy (non-hydrogen) atoms. The second-order valence-corrected chi connectivity index (χ2v) is 8.48. The van der Waals surface area contributed by atoms with E-state index in [-0.39, 0.29) is 18.3 Å². The molecule has 0 fully saturated rings. The van der Waals surface area contributed by atoms with E-state index in [1.807, 2.05) is 38.1 Å². The number of carbonyl (C=O) groups is 1. The van der Waals surface area contributed by atoms with Gasteiger partial charge in [-0.05, 0) is 51.2 Å². The Morgan fingerprint density at radius 2 is 1.56 bits per heavy atom. The highest BCUT2D eigenvalue weighted by molar-refractivity contribution is 7.22. The molecule has 1 amide bonds. The van der Waals surface area contributed by atoms with Crippen molar-refractivity contribution in [2.75, 3.05) is 45.3 Å². The van der Waals surface area contributed by atoms with Gasteiger partial charge in [-0.1, -0.05) is 42.4 Å². The average molecular weight is 478 g/mol. The lowest BCUT2D eigenvalue weighted by Crippen LogP contribution is -2.39. The number of benzene rings is 2. The minimum atomic E-state index is -0.0454. The molecule has 0 aliphatic heterocycles. The van der Waals surface area contributed by atoms with Crippen LogP contribution in [0, 0.1) is 13.8 Å². The quantitative estimate of drug-likeness (QED) is 0.416. The lowest BCUT2D eigenvalue weighted by molar-refractivity contribution is 0.0983. The fourth-order valence-electron chi connectivity index (χ4n) is 3.71. The molecule has 0 unspecified atom stereocenters. The third-order valence-corrected chi connectivity index (χ3v) is 6.47. The summed E-state index contributed by atoms with van der Waals surface area (Å²) in [6, 6.07) is 9.67. The molecule has 0 saturated carbocycles. The number of aromatic nitrogens is 1. The summed E-state index contributed by atoms with van der Waals surface area (Å²) < 4.78 is 11.9. The van der Waals surface area contributed by atoms with E-state index in [1.54, 1.807) is 19.1 Å². The average Bonchev–Trinajstić information content (AvgIpc) is 3.20. The maximum atomic E-state index is 13.6. The fraction of sp³-hybridized carbons (Fsp3) is 0.417. The van der Waals surface area contributed by atoms with E-state index in [2.05, 4.69) is 24.8 Å². The Kier molecular flexibility index (Phi) is 9.31. The number of thiazole rings is 1. The third-order valence-electron chi connectivity index (χ3n) is 5.38. The van der Waals surface area contributed by atoms with Crippen LogP contribution in [0.5, 0.6) is 11.5 Å². The van der Waals surface area contributed by atoms with Crippen molar-refractivity contribution in [3.8, 4) is 11.5 Å². The predicted octanol–water partition coefficient (Wildman–Crippen LogP) is 5.34. The zero-order valence-corrected chi connectivity index (χ0v) is 21.2. The van der Waals surface area contributed by atoms with Crippen LogP contribution >= 0.6 is 23.7 Å². The van der Waals surface area contributed by atoms with Crippen molar-refractivity contribution in [2.24, 2.45) is 0 Å². The first-order valence-electron chi connectivity index (χ1n) is 10.6. The van der Waals surface area contributed by atoms with Gasteiger partial charge in [-0.2, -0.15) is 0 Å². The highest BCUT2D eigenvalue weighted by atomic mass is 35.5. The minimum Gasteiger partial charge on any atom is -0.495 e. The molecule has 174 valence electrons. The highest BCUT2D eigenvalue weighted by Gasteiger charge is 2.24. The second kappa shape index (κ2) is 11.5. The van der Waals surface area contributed by atoms with Crippen LogP contribution in [0.25, 0.3) is 10.2 Å². The van der Waals surface area contributed by atoms with E-state index in [1.165, 1.54) is 11.3 Å². The summed E-state index contributed by atoms with van der Waals surface area (Å²) in [4.78, 5) is 22.5. The Balaban J connectivity index is 0.00000363. The predicted molar refractivity (Wildman–Crippen MR) is 135 cm³/mol. The third kappa shape index (κ3) is 5.52. The van der Waals surface area contributed by atoms with Crippen molar-refractivity contribution in [1.29, 1.82) is 0 Å². The van der Waals surface area contributed by atoms with Crippen LogP contribution in [0.15, 0.2) is 30.3 Å². The number of halogens is 1. The number of ether oxygens (including phenoxy) is 2. The molecule has 1 aromatic heterocycles. The zero-order valence-electron chi connectivity index (χ0n) is 19.6. The molecule has 0 N–H and O–H groups in total. The summed E-state index contributed by atoms with van der Waals surface area (Å²) in [6.45, 7) is 11.5. The molecule has 0 atom stereocenters. The number of fused-ring (bicyclic) bond motifs is 1. The van der Waals surface area contributed by atoms with Crippen molar-refractivity contribution < 1.29 is 14.3 Å². The van der Waals surface area contributed by atoms with Crippen LogP contribution in [0.3, 0.4) is 0 Å². The van der Waals surface area contributed by atoms with E-state index in [0.717, 1.165) is 41.2 Å². The number of carbonyl (C=O) groups excluding carboxylic acids is 1. The monoisotopic (exact) mass is 477 g/mol. The largest absolute Gasteiger partial charge is 0.495 e. The second-order valence-electron chi connectivity index (χ2n) is 7.50. The van der Waals surface area contributed by atoms with E-state index in [4.69, 9.17) is 14.5 Å². The molecular formula is C24H32ClN3O3S. The summed E-state index contributed by atoms with van der Waals surface area (Å²) in [7, 11) is 3.26. The molecule has 0 radical (unpaired) electrons. The Labute approximate surface area is 200 Å². The first kappa shape index (κ1) is 25.9. The van der Waals surface area contributed by atoms with Gasteiger partial charge in [-0.25, -0.2) is 4.98 Å². The molecular weight excluding hydrogens is 446 g/mol. The van der Waals surface area contributed by atoms with E-state index < -0.39 is 0 Å². The zero-order chi connectivity index (χ0) is 22.5. The molecule has 2 aromatic carbocycles. The van der Waals surface area contributed by atoms with Crippen LogP contribution < -0.4 is 14.4 Å². The lowest BCUT2D eigenvalue weighted by atomic mass is 10.1. The van der Waals surface area contributed by atoms with Crippen LogP contribution in [0.4, 0.5) is 5.13 Å². The summed E-state index contributed by atoms with van der Waals surface area (Å²) in [5.41, 5.74) is 3.53. The Morgan fingerprint density at radius 3 is 2.12 bits per heavy atom. The van der Waals surface area contributed by atoms with E-state index in [9.17, 15) is 4.79 Å². The molecule has 3 aromatic rings. The number of aryl methyl sites for hydroxylation is 2. The number of nitrogens with zero attached hydrogens (tertiary/aromatic N) is 3. The topological polar surface area (TPSA) is 54.9 Å². The molecule has 0 spiro atoms. The number of hydrogen-bond donors (Lipinski definition) is 0. The molecule has 6 nitrogen and oxygen atoms in total. The summed E-state index contributed by atoms with van der Waals surface area (Å²) >= 11 is 1.45. The minimum absolute atomic E-state index is 0. The van der Waals surface area contributed by atoms with Crippen LogP contribution in [0.1, 0.15) is 35.3 Å². The van der Waals surface area contributed by atoms with Crippen molar-refractivity contribution in [1.82, 2.24) is 9.88 Å². The number of amides is 1. The molecule has 0 aliphatic carbocycles. The molecule has 0 saturated heterocycles. The standard InChI is InChI=1S/C24H31N3O3S.ClH/c1-7-26(8-2)11-12-27(23(28)18-14-16(3)13-17(4)15-18)24-25-21-19(29-5)9-10-20(30-6)22(21)31-24;/h9-10,13-15H,7-8,11-12H2,1-6H3;1H. The maximum Gasteiger partial charge on any atom is 0.260 e. The first-order chi connectivity index (χ1) is 14.9. The highest BCUT2D eigenvalue weighted by Crippen LogP contribution is 2.40. The molecule has 1 heterocycles. The summed E-state index contributed by atoms with van der Waals surface area (Å²) in [5, 5.41) is 0.647. The van der Waals surface area contributed by atoms with Gasteiger partial charge in [-0.15, -0.1) is 12.4 Å². The van der Waals surface area contributed by atoms with Crippen molar-refractivity contribution >= 4 is 45.0 Å². The smallest absolute Gasteiger partial charge is 0.260 e. The molecule has 0 aliphatic rings. The maximum absolute atomic E-state index is 13.6. The fourth-order valence-corrected chi connectivity index (χ4v) is 4.81. The van der Waals surface area contributed by atoms with Crippen molar-refractivity contribution in [3.63, 3.8) is 0 Å². The van der Waals surface area contributed by atoms with Gasteiger partial charge in [-0.3, -0.25) is 9.69 Å². The van der Waals surface area contributed by atoms with Gasteiger partial charge < -0.3 is 14.4 Å². The van der Waals surface area contributed by atoms with E-state index >= 15 is 0 Å². The van der Waals surface area contributed by atoms with Crippen molar-refractivity contribution in [2.45, 2.75) is 27.7 Å². The number of anilines is 1. The van der Waals surface area contributed by atoms with Crippen LogP contribution in [-0.2, 0) is 0 Å². The lowest BCUT2D eigenvalue weighted by Gasteiger charge is -2.25. The van der Waals surface area contributed by atoms with Gasteiger partial charge in [0.1, 0.15) is 21.7 Å². The Morgan fingerprint density at radius 1 is 0.969 bits per heavy atom. The summed E-state index contributed by atoms with van der Waals surface area (Å²) in [6.07, 6.45) is 0. The first-order valence-corrected chi connectivity index (χ1v) is 11.4. The van der Waals surface area contributed by atoms with Gasteiger partial charge >= 0.3 is 0 Å². The number of hydrogen-bond acceptors (Lipinski definition) is 6. The number of rotatable bonds is 9. The number of methoxy groups -OCH3 is 2. The summed E-state index contributed by atoms with van der Waals surface area (Å²) in [5.74, 6) is 1.35. The van der Waals surface area contributed by atoms with Crippen molar-refractivity contribution in [3.05, 3.63) is 47.0 Å². The molecule has 0 bridgehead atoms. The SMILES string of the molecule is CCN(CC)CCN(C(=O)c1cc(C)cc(C)c1)c1nc2c(OC)ccc(OC)c2s1.Cl. The Bertz CT molecular complexity index is 1000. The van der Waals surface area contributed by atoms with Crippen LogP contribution in [-0.4, -0.2) is 56.2 Å².